The van der Waals surface area contributed by atoms with Crippen molar-refractivity contribution in [1.29, 1.82) is 0 Å². The van der Waals surface area contributed by atoms with Crippen LogP contribution >= 0.6 is 0 Å². The van der Waals surface area contributed by atoms with Gasteiger partial charge in [0.05, 0.1) is 12.2 Å². The smallest absolute Gasteiger partial charge is 0.489 e. The molecule has 1 aliphatic rings. The average molecular weight is 337 g/mol. The van der Waals surface area contributed by atoms with Gasteiger partial charge in [-0.1, -0.05) is 31.2 Å². The number of halogens is 3. The van der Waals surface area contributed by atoms with Crippen molar-refractivity contribution in [2.75, 3.05) is 24.6 Å². The van der Waals surface area contributed by atoms with E-state index in [9.17, 15) is 13.2 Å². The maximum atomic E-state index is 12.4. The van der Waals surface area contributed by atoms with Gasteiger partial charge in [-0.3, -0.25) is 0 Å². The molecule has 24 heavy (non-hydrogen) atoms. The Labute approximate surface area is 138 Å². The second-order valence-corrected chi connectivity index (χ2v) is 5.56. The molecule has 0 saturated carbocycles. The topological polar surface area (TPSA) is 21.7 Å². The third-order valence-corrected chi connectivity index (χ3v) is 3.81. The molecular formula is C18H18F3NO2. The molecule has 0 aromatic heterocycles. The fraction of sp³-hybridized carbons (Fsp3) is 0.333. The maximum absolute atomic E-state index is 12.4. The summed E-state index contributed by atoms with van der Waals surface area (Å²) < 4.78 is 47.1. The second kappa shape index (κ2) is 6.63. The molecule has 0 N–H and O–H groups in total. The van der Waals surface area contributed by atoms with E-state index in [4.69, 9.17) is 4.74 Å². The summed E-state index contributed by atoms with van der Waals surface area (Å²) in [5, 5.41) is 0. The van der Waals surface area contributed by atoms with Gasteiger partial charge in [0.25, 0.3) is 0 Å². The van der Waals surface area contributed by atoms with Gasteiger partial charge in [0.1, 0.15) is 12.4 Å². The largest absolute Gasteiger partial charge is 0.573 e. The number of ether oxygens (including phenoxy) is 2. The van der Waals surface area contributed by atoms with Crippen molar-refractivity contribution in [3.05, 3.63) is 42.5 Å². The SMILES string of the molecule is CCCN1CCOc2c(-c3cccc(OC(F)(F)F)c3)cccc21. The van der Waals surface area contributed by atoms with Crippen molar-refractivity contribution in [2.24, 2.45) is 0 Å². The number of para-hydroxylation sites is 1. The van der Waals surface area contributed by atoms with Crippen molar-refractivity contribution in [2.45, 2.75) is 19.7 Å². The van der Waals surface area contributed by atoms with Crippen LogP contribution in [-0.2, 0) is 0 Å². The number of hydrogen-bond donors (Lipinski definition) is 0. The zero-order chi connectivity index (χ0) is 17.2. The van der Waals surface area contributed by atoms with Gasteiger partial charge in [-0.05, 0) is 30.2 Å². The molecule has 3 nitrogen and oxygen atoms in total. The first-order valence-electron chi connectivity index (χ1n) is 7.85. The molecule has 6 heteroatoms. The van der Waals surface area contributed by atoms with Gasteiger partial charge in [-0.25, -0.2) is 0 Å². The van der Waals surface area contributed by atoms with Crippen LogP contribution in [-0.4, -0.2) is 26.1 Å². The molecule has 128 valence electrons. The Morgan fingerprint density at radius 1 is 1.17 bits per heavy atom. The molecule has 0 unspecified atom stereocenters. The highest BCUT2D eigenvalue weighted by Gasteiger charge is 2.31. The minimum absolute atomic E-state index is 0.237. The molecule has 3 rings (SSSR count). The van der Waals surface area contributed by atoms with Gasteiger partial charge in [-0.2, -0.15) is 0 Å². The Morgan fingerprint density at radius 3 is 2.71 bits per heavy atom. The normalized spacial score (nSPS) is 14.1. The molecule has 1 aliphatic heterocycles. The minimum atomic E-state index is -4.71. The molecule has 2 aromatic rings. The molecule has 0 atom stereocenters. The standard InChI is InChI=1S/C18H18F3NO2/c1-2-9-22-10-11-23-17-15(7-4-8-16(17)22)13-5-3-6-14(12-13)24-18(19,20)21/h3-8,12H,2,9-11H2,1H3. The van der Waals surface area contributed by atoms with E-state index in [-0.39, 0.29) is 5.75 Å². The second-order valence-electron chi connectivity index (χ2n) is 5.56. The quantitative estimate of drug-likeness (QED) is 0.795. The zero-order valence-electron chi connectivity index (χ0n) is 13.3. The van der Waals surface area contributed by atoms with E-state index in [1.807, 2.05) is 18.2 Å². The van der Waals surface area contributed by atoms with Crippen molar-refractivity contribution in [3.8, 4) is 22.6 Å². The molecule has 0 spiro atoms. The van der Waals surface area contributed by atoms with E-state index in [0.717, 1.165) is 30.8 Å². The first-order chi connectivity index (χ1) is 11.5. The highest BCUT2D eigenvalue weighted by Crippen LogP contribution is 2.41. The van der Waals surface area contributed by atoms with Crippen LogP contribution < -0.4 is 14.4 Å². The van der Waals surface area contributed by atoms with Gasteiger partial charge in [0, 0.05) is 12.1 Å². The Balaban J connectivity index is 1.99. The van der Waals surface area contributed by atoms with E-state index in [1.165, 1.54) is 12.1 Å². The highest BCUT2D eigenvalue weighted by atomic mass is 19.4. The third kappa shape index (κ3) is 3.58. The Morgan fingerprint density at radius 2 is 1.96 bits per heavy atom. The monoisotopic (exact) mass is 337 g/mol. The Hall–Kier alpha value is -2.37. The van der Waals surface area contributed by atoms with Crippen LogP contribution in [0.15, 0.2) is 42.5 Å². The molecule has 0 radical (unpaired) electrons. The van der Waals surface area contributed by atoms with E-state index in [2.05, 4.69) is 16.6 Å². The fourth-order valence-electron chi connectivity index (χ4n) is 2.89. The first kappa shape index (κ1) is 16.5. The minimum Gasteiger partial charge on any atom is -0.489 e. The van der Waals surface area contributed by atoms with Gasteiger partial charge in [-0.15, -0.1) is 13.2 Å². The number of fused-ring (bicyclic) bond motifs is 1. The van der Waals surface area contributed by atoms with Crippen molar-refractivity contribution < 1.29 is 22.6 Å². The summed E-state index contributed by atoms with van der Waals surface area (Å²) in [6, 6.07) is 11.7. The predicted molar refractivity (Wildman–Crippen MR) is 86.6 cm³/mol. The molecule has 0 amide bonds. The number of alkyl halides is 3. The van der Waals surface area contributed by atoms with Crippen LogP contribution in [0, 0.1) is 0 Å². The Bertz CT molecular complexity index is 716. The lowest BCUT2D eigenvalue weighted by molar-refractivity contribution is -0.274. The molecule has 0 fully saturated rings. The maximum Gasteiger partial charge on any atom is 0.573 e. The number of benzene rings is 2. The highest BCUT2D eigenvalue weighted by molar-refractivity contribution is 5.80. The molecule has 0 saturated heterocycles. The number of nitrogens with zero attached hydrogens (tertiary/aromatic N) is 1. The number of anilines is 1. The van der Waals surface area contributed by atoms with Crippen LogP contribution in [0.2, 0.25) is 0 Å². The zero-order valence-corrected chi connectivity index (χ0v) is 13.3. The Kier molecular flexibility index (Phi) is 4.55. The lowest BCUT2D eigenvalue weighted by Gasteiger charge is -2.32. The van der Waals surface area contributed by atoms with E-state index < -0.39 is 6.36 Å². The summed E-state index contributed by atoms with van der Waals surface area (Å²) in [7, 11) is 0. The van der Waals surface area contributed by atoms with Crippen molar-refractivity contribution in [1.82, 2.24) is 0 Å². The number of rotatable bonds is 4. The van der Waals surface area contributed by atoms with Crippen molar-refractivity contribution >= 4 is 5.69 Å². The fourth-order valence-corrected chi connectivity index (χ4v) is 2.89. The lowest BCUT2D eigenvalue weighted by atomic mass is 10.0. The van der Waals surface area contributed by atoms with E-state index in [1.54, 1.807) is 12.1 Å². The van der Waals surface area contributed by atoms with Crippen LogP contribution in [0.5, 0.6) is 11.5 Å². The summed E-state index contributed by atoms with van der Waals surface area (Å²) in [6.45, 7) is 4.39. The van der Waals surface area contributed by atoms with Crippen LogP contribution in [0.1, 0.15) is 13.3 Å². The molecule has 0 bridgehead atoms. The van der Waals surface area contributed by atoms with Crippen LogP contribution in [0.4, 0.5) is 18.9 Å². The van der Waals surface area contributed by atoms with Crippen molar-refractivity contribution in [3.63, 3.8) is 0 Å². The summed E-state index contributed by atoms with van der Waals surface area (Å²) in [5.74, 6) is 0.472. The molecule has 1 heterocycles. The average Bonchev–Trinajstić information content (AvgIpc) is 2.53. The van der Waals surface area contributed by atoms with Crippen LogP contribution in [0.3, 0.4) is 0 Å². The van der Waals surface area contributed by atoms with Crippen LogP contribution in [0.25, 0.3) is 11.1 Å². The summed E-state index contributed by atoms with van der Waals surface area (Å²) in [6.07, 6.45) is -3.69. The lowest BCUT2D eigenvalue weighted by Crippen LogP contribution is -2.33. The summed E-state index contributed by atoms with van der Waals surface area (Å²) in [5.41, 5.74) is 2.37. The summed E-state index contributed by atoms with van der Waals surface area (Å²) in [4.78, 5) is 2.23. The number of hydrogen-bond acceptors (Lipinski definition) is 3. The molecular weight excluding hydrogens is 319 g/mol. The van der Waals surface area contributed by atoms with Gasteiger partial charge >= 0.3 is 6.36 Å². The predicted octanol–water partition coefficient (Wildman–Crippen LogP) is 4.86. The van der Waals surface area contributed by atoms with Gasteiger partial charge in [0.15, 0.2) is 5.75 Å². The van der Waals surface area contributed by atoms with E-state index in [0.29, 0.717) is 17.9 Å². The van der Waals surface area contributed by atoms with E-state index >= 15 is 0 Å². The van der Waals surface area contributed by atoms with Gasteiger partial charge in [0.2, 0.25) is 0 Å². The van der Waals surface area contributed by atoms with Gasteiger partial charge < -0.3 is 14.4 Å². The first-order valence-corrected chi connectivity index (χ1v) is 7.85. The summed E-state index contributed by atoms with van der Waals surface area (Å²) >= 11 is 0. The molecule has 2 aromatic carbocycles. The molecule has 0 aliphatic carbocycles. The third-order valence-electron chi connectivity index (χ3n) is 3.81.